The number of likely N-dealkylation sites (N-methyl/N-ethyl adjacent to an activating group) is 2. The van der Waals surface area contributed by atoms with E-state index in [4.69, 9.17) is 9.47 Å². The van der Waals surface area contributed by atoms with Gasteiger partial charge in [-0.25, -0.2) is 0 Å². The first-order valence-corrected chi connectivity index (χ1v) is 17.8. The molecule has 1 fully saturated rings. The lowest BCUT2D eigenvalue weighted by atomic mass is 9.86. The maximum Gasteiger partial charge on any atom is 0.245 e. The number of Topliss-reactive ketones (excluding diaryl/α,β-unsaturated/α-hetero) is 1. The molecule has 276 valence electrons. The molecule has 0 aromatic carbocycles. The second kappa shape index (κ2) is 20.2. The highest BCUT2D eigenvalue weighted by Gasteiger charge is 2.45. The molecule has 1 saturated heterocycles. The average Bonchev–Trinajstić information content (AvgIpc) is 3.39. The molecule has 0 radical (unpaired) electrons. The molecular formula is C35H66BN5O7. The summed E-state index contributed by atoms with van der Waals surface area (Å²) in [5.41, 5.74) is 0. The number of ketones is 1. The number of methoxy groups -OCH3 is 2. The molecule has 3 N–H and O–H groups in total. The molecule has 0 aromatic heterocycles. The normalized spacial score (nSPS) is 20.2. The van der Waals surface area contributed by atoms with E-state index in [1.165, 1.54) is 19.1 Å². The number of amides is 4. The molecule has 12 nitrogen and oxygen atoms in total. The highest BCUT2D eigenvalue weighted by Crippen LogP contribution is 2.29. The van der Waals surface area contributed by atoms with Gasteiger partial charge < -0.3 is 35.2 Å². The van der Waals surface area contributed by atoms with Gasteiger partial charge in [0, 0.05) is 27.7 Å². The van der Waals surface area contributed by atoms with Crippen LogP contribution in [0, 0.1) is 29.6 Å². The minimum Gasteiger partial charge on any atom is -0.379 e. The Labute approximate surface area is 290 Å². The predicted molar refractivity (Wildman–Crippen MR) is 191 cm³/mol. The van der Waals surface area contributed by atoms with Crippen LogP contribution < -0.4 is 16.0 Å². The van der Waals surface area contributed by atoms with Crippen molar-refractivity contribution in [1.29, 1.82) is 0 Å². The Morgan fingerprint density at radius 3 is 1.98 bits per heavy atom. The molecule has 0 spiro atoms. The van der Waals surface area contributed by atoms with Gasteiger partial charge in [0.15, 0.2) is 5.78 Å². The summed E-state index contributed by atoms with van der Waals surface area (Å²) >= 11 is 0. The molecule has 0 unspecified atom stereocenters. The van der Waals surface area contributed by atoms with Crippen molar-refractivity contribution in [2.75, 3.05) is 34.9 Å². The third kappa shape index (κ3) is 11.8. The van der Waals surface area contributed by atoms with E-state index in [0.29, 0.717) is 12.3 Å². The number of hydrogen-bond acceptors (Lipinski definition) is 8. The number of hydrogen-bond donors (Lipinski definition) is 3. The molecule has 13 heteroatoms. The average molecular weight is 680 g/mol. The molecule has 48 heavy (non-hydrogen) atoms. The van der Waals surface area contributed by atoms with Crippen LogP contribution in [0.1, 0.15) is 88.0 Å². The zero-order chi connectivity index (χ0) is 37.0. The van der Waals surface area contributed by atoms with E-state index in [-0.39, 0.29) is 72.5 Å². The third-order valence-electron chi connectivity index (χ3n) is 9.85. The first-order valence-electron chi connectivity index (χ1n) is 17.8. The topological polar surface area (TPSA) is 146 Å². The first kappa shape index (κ1) is 43.5. The van der Waals surface area contributed by atoms with E-state index in [1.54, 1.807) is 25.9 Å². The molecule has 0 aliphatic carbocycles. The minimum atomic E-state index is -0.782. The zero-order valence-electron chi connectivity index (χ0n) is 32.2. The van der Waals surface area contributed by atoms with Crippen LogP contribution in [0.5, 0.6) is 0 Å². The van der Waals surface area contributed by atoms with Gasteiger partial charge in [-0.2, -0.15) is 0 Å². The number of nitrogens with one attached hydrogen (secondary N) is 3. The molecule has 0 aromatic rings. The summed E-state index contributed by atoms with van der Waals surface area (Å²) in [4.78, 5) is 70.3. The summed E-state index contributed by atoms with van der Waals surface area (Å²) in [6.45, 7) is 17.6. The van der Waals surface area contributed by atoms with Crippen molar-refractivity contribution in [1.82, 2.24) is 25.8 Å². The number of carbonyl (C=O) groups is 5. The smallest absolute Gasteiger partial charge is 0.245 e. The summed E-state index contributed by atoms with van der Waals surface area (Å²) in [7, 11) is 8.39. The van der Waals surface area contributed by atoms with Gasteiger partial charge in [-0.1, -0.05) is 68.7 Å². The summed E-state index contributed by atoms with van der Waals surface area (Å²) in [6, 6.07) is -2.35. The molecule has 1 rings (SSSR count). The van der Waals surface area contributed by atoms with Crippen LogP contribution in [0.15, 0.2) is 0 Å². The van der Waals surface area contributed by atoms with Crippen molar-refractivity contribution in [3.05, 3.63) is 0 Å². The van der Waals surface area contributed by atoms with Crippen molar-refractivity contribution in [3.63, 3.8) is 0 Å². The Balaban J connectivity index is 3.29. The zero-order valence-corrected chi connectivity index (χ0v) is 32.2. The molecule has 0 bridgehead atoms. The van der Waals surface area contributed by atoms with Crippen LogP contribution in [0.4, 0.5) is 0 Å². The van der Waals surface area contributed by atoms with Gasteiger partial charge in [0.25, 0.3) is 0 Å². The van der Waals surface area contributed by atoms with Crippen molar-refractivity contribution < 1.29 is 33.4 Å². The Bertz CT molecular complexity index is 1070. The highest BCUT2D eigenvalue weighted by molar-refractivity contribution is 6.13. The van der Waals surface area contributed by atoms with Crippen molar-refractivity contribution in [2.24, 2.45) is 29.6 Å². The Kier molecular flexibility index (Phi) is 18.3. The molecule has 0 saturated carbocycles. The fraction of sp³-hybridized carbons (Fsp3) is 0.857. The van der Waals surface area contributed by atoms with E-state index in [9.17, 15) is 24.0 Å². The van der Waals surface area contributed by atoms with Crippen LogP contribution in [-0.2, 0) is 33.4 Å². The van der Waals surface area contributed by atoms with Gasteiger partial charge in [0.1, 0.15) is 13.9 Å². The van der Waals surface area contributed by atoms with Crippen LogP contribution in [-0.4, -0.2) is 124 Å². The molecule has 1 heterocycles. The maximum atomic E-state index is 14.1. The summed E-state index contributed by atoms with van der Waals surface area (Å²) in [5, 5.41) is 9.04. The Morgan fingerprint density at radius 1 is 0.938 bits per heavy atom. The fourth-order valence-corrected chi connectivity index (χ4v) is 7.03. The first-order chi connectivity index (χ1) is 22.4. The maximum absolute atomic E-state index is 14.1. The minimum absolute atomic E-state index is 0.0244. The molecule has 4 amide bonds. The summed E-state index contributed by atoms with van der Waals surface area (Å²) in [5.74, 6) is -1.54. The van der Waals surface area contributed by atoms with Crippen LogP contribution in [0.3, 0.4) is 0 Å². The third-order valence-corrected chi connectivity index (χ3v) is 9.85. The SMILES string of the molecule is B[C@H](CC(C)C)NC(=O)[C@H](C)[C@@H](OC)[C@@H]1CC(=O)CN1C(=O)C[C@@H](OC)[C@H]([C@@H](C)CC)N(C)C(=O)[C@@H](NC(=O)[C@@H](NC)C(C)C)C(C)C. The van der Waals surface area contributed by atoms with Crippen LogP contribution in [0.25, 0.3) is 0 Å². The lowest BCUT2D eigenvalue weighted by molar-refractivity contribution is -0.148. The van der Waals surface area contributed by atoms with Crippen LogP contribution >= 0.6 is 0 Å². The van der Waals surface area contributed by atoms with Gasteiger partial charge in [-0.05, 0) is 43.1 Å². The van der Waals surface area contributed by atoms with Gasteiger partial charge in [-0.3, -0.25) is 24.0 Å². The lowest BCUT2D eigenvalue weighted by Gasteiger charge is -2.41. The highest BCUT2D eigenvalue weighted by atomic mass is 16.5. The lowest BCUT2D eigenvalue weighted by Crippen LogP contribution is -2.59. The van der Waals surface area contributed by atoms with Crippen LogP contribution in [0.2, 0.25) is 0 Å². The number of nitrogens with zero attached hydrogens (tertiary/aromatic N) is 2. The second-order valence-electron chi connectivity index (χ2n) is 14.9. The van der Waals surface area contributed by atoms with E-state index in [2.05, 4.69) is 29.8 Å². The largest absolute Gasteiger partial charge is 0.379 e. The van der Waals surface area contributed by atoms with Gasteiger partial charge in [-0.15, -0.1) is 0 Å². The van der Waals surface area contributed by atoms with Crippen molar-refractivity contribution in [2.45, 2.75) is 130 Å². The monoisotopic (exact) mass is 680 g/mol. The second-order valence-corrected chi connectivity index (χ2v) is 14.9. The predicted octanol–water partition coefficient (Wildman–Crippen LogP) is 1.59. The Hall–Kier alpha value is -2.51. The summed E-state index contributed by atoms with van der Waals surface area (Å²) < 4.78 is 11.7. The van der Waals surface area contributed by atoms with Gasteiger partial charge in [0.05, 0.1) is 49.2 Å². The Morgan fingerprint density at radius 2 is 1.52 bits per heavy atom. The van der Waals surface area contributed by atoms with E-state index < -0.39 is 42.3 Å². The fourth-order valence-electron chi connectivity index (χ4n) is 7.03. The van der Waals surface area contributed by atoms with Crippen molar-refractivity contribution in [3.8, 4) is 0 Å². The van der Waals surface area contributed by atoms with E-state index >= 15 is 0 Å². The van der Waals surface area contributed by atoms with Gasteiger partial charge in [0.2, 0.25) is 23.6 Å². The number of carbonyl (C=O) groups excluding carboxylic acids is 5. The number of ether oxygens (including phenoxy) is 2. The molecule has 9 atom stereocenters. The van der Waals surface area contributed by atoms with E-state index in [0.717, 1.165) is 6.42 Å². The summed E-state index contributed by atoms with van der Waals surface area (Å²) in [6.07, 6.45) is 0.166. The van der Waals surface area contributed by atoms with Crippen molar-refractivity contribution >= 4 is 37.3 Å². The quantitative estimate of drug-likeness (QED) is 0.165. The number of rotatable bonds is 20. The standard InChI is InChI=1S/C35H66BN5O7/c1-14-22(8)31(40(11)35(46)30(21(6)7)39-34(45)29(37-10)20(4)5)26(47-12)17-28(43)41-18-24(42)16-25(41)32(48-13)23(9)33(44)38-27(36)15-19(2)3/h19-23,25-27,29-32,37H,14-18,36H2,1-13H3,(H,38,44)(H,39,45)/t22-,23+,25-,26+,27-,29-,30-,31-,32+/m0/s1. The molecule has 1 aliphatic heterocycles. The molecule has 1 aliphatic rings. The van der Waals surface area contributed by atoms with E-state index in [1.807, 2.05) is 49.4 Å². The molecular weight excluding hydrogens is 613 g/mol. The van der Waals surface area contributed by atoms with Gasteiger partial charge >= 0.3 is 0 Å². The number of likely N-dealkylation sites (tertiary alicyclic amines) is 1.